The van der Waals surface area contributed by atoms with E-state index < -0.39 is 0 Å². The molecule has 16 heteroatoms. The van der Waals surface area contributed by atoms with Crippen LogP contribution in [-0.4, -0.2) is 53.7 Å². The molecule has 2 amide bonds. The van der Waals surface area contributed by atoms with E-state index in [4.69, 9.17) is 21.4 Å². The maximum absolute atomic E-state index is 12.6. The van der Waals surface area contributed by atoms with E-state index >= 15 is 0 Å². The van der Waals surface area contributed by atoms with Crippen molar-refractivity contribution in [2.24, 2.45) is 0 Å². The van der Waals surface area contributed by atoms with Crippen molar-refractivity contribution in [1.82, 2.24) is 30.4 Å². The molecule has 0 atom stereocenters. The number of nitrogens with two attached hydrogens (primary N) is 2. The van der Waals surface area contributed by atoms with Crippen LogP contribution in [0, 0.1) is 0 Å². The topological polar surface area (TPSA) is 188 Å². The number of fused-ring (bicyclic) bond motifs is 1. The minimum atomic E-state index is -0.183. The van der Waals surface area contributed by atoms with E-state index in [2.05, 4.69) is 31.0 Å². The van der Waals surface area contributed by atoms with Crippen LogP contribution in [0.3, 0.4) is 0 Å². The average Bonchev–Trinajstić information content (AvgIpc) is 3.66. The largest absolute Gasteiger partial charge is 0.374 e. The molecule has 3 heterocycles. The number of hydrogen-bond acceptors (Lipinski definition) is 14. The van der Waals surface area contributed by atoms with Gasteiger partial charge in [-0.05, 0) is 42.5 Å². The molecule has 0 saturated carbocycles. The van der Waals surface area contributed by atoms with Crippen molar-refractivity contribution in [3.05, 3.63) is 72.8 Å². The van der Waals surface area contributed by atoms with Crippen molar-refractivity contribution < 1.29 is 9.59 Å². The number of nitrogens with one attached hydrogen (secondary N) is 2. The molecule has 220 valence electrons. The van der Waals surface area contributed by atoms with Crippen LogP contribution in [0.15, 0.2) is 81.5 Å². The first-order valence-electron chi connectivity index (χ1n) is 12.9. The summed E-state index contributed by atoms with van der Waals surface area (Å²) in [6.45, 7) is 0. The molecule has 12 nitrogen and oxygen atoms in total. The van der Waals surface area contributed by atoms with Gasteiger partial charge in [-0.25, -0.2) is 9.97 Å². The van der Waals surface area contributed by atoms with Crippen LogP contribution in [-0.2, 0) is 9.59 Å². The number of nitrogen functional groups attached to an aromatic ring is 2. The minimum Gasteiger partial charge on any atom is -0.374 e. The number of nitrogens with zero attached hydrogens (tertiary/aromatic N) is 6. The van der Waals surface area contributed by atoms with Crippen molar-refractivity contribution >= 4 is 90.6 Å². The van der Waals surface area contributed by atoms with E-state index in [0.29, 0.717) is 36.1 Å². The van der Waals surface area contributed by atoms with Crippen LogP contribution in [0.5, 0.6) is 0 Å². The highest BCUT2D eigenvalue weighted by Crippen LogP contribution is 2.32. The summed E-state index contributed by atoms with van der Waals surface area (Å²) in [5, 5.41) is 22.7. The lowest BCUT2D eigenvalue weighted by Gasteiger charge is -2.12. The molecule has 3 aromatic heterocycles. The van der Waals surface area contributed by atoms with Gasteiger partial charge < -0.3 is 22.1 Å². The maximum atomic E-state index is 12.6. The summed E-state index contributed by atoms with van der Waals surface area (Å²) in [5.41, 5.74) is 15.6. The van der Waals surface area contributed by atoms with Gasteiger partial charge in [0.15, 0.2) is 14.5 Å². The van der Waals surface area contributed by atoms with Crippen LogP contribution in [0.1, 0.15) is 0 Å². The average molecular weight is 659 g/mol. The van der Waals surface area contributed by atoms with Gasteiger partial charge in [0.1, 0.15) is 0 Å². The van der Waals surface area contributed by atoms with Gasteiger partial charge in [0.05, 0.1) is 22.7 Å². The number of aromatic nitrogens is 6. The Labute approximate surface area is 267 Å². The molecule has 44 heavy (non-hydrogen) atoms. The Morgan fingerprint density at radius 2 is 1.27 bits per heavy atom. The third-order valence-corrected chi connectivity index (χ3v) is 9.72. The van der Waals surface area contributed by atoms with Gasteiger partial charge in [-0.3, -0.25) is 9.59 Å². The normalized spacial score (nSPS) is 11.0. The van der Waals surface area contributed by atoms with Crippen molar-refractivity contribution in [3.8, 4) is 22.6 Å². The van der Waals surface area contributed by atoms with E-state index in [0.717, 1.165) is 27.7 Å². The number of benzene rings is 3. The molecule has 0 aliphatic heterocycles. The van der Waals surface area contributed by atoms with Crippen LogP contribution in [0.25, 0.3) is 33.5 Å². The van der Waals surface area contributed by atoms with Crippen molar-refractivity contribution in [1.29, 1.82) is 0 Å². The fourth-order valence-corrected chi connectivity index (χ4v) is 6.93. The molecule has 0 aliphatic carbocycles. The van der Waals surface area contributed by atoms with E-state index in [-0.39, 0.29) is 23.3 Å². The molecule has 3 aromatic carbocycles. The standard InChI is InChI=1S/C28H22N10O2S4/c29-25-35-37-27(43-25)41-13-21(39)31-17-8-6-16(7-9-17)24-33-20-11-10-18(32-22(40)14-42-28-38-36-26(30)44-28)12-19(20)23(34-24)15-4-2-1-3-5-15/h1-12H,13-14H2,(H2,29,35)(H2,30,36)(H,31,39)(H,32,40). The highest BCUT2D eigenvalue weighted by Gasteiger charge is 2.14. The van der Waals surface area contributed by atoms with E-state index in [9.17, 15) is 9.59 Å². The molecular formula is C28H22N10O2S4. The zero-order valence-corrected chi connectivity index (χ0v) is 25.9. The number of rotatable bonds is 10. The molecule has 0 fully saturated rings. The Morgan fingerprint density at radius 3 is 1.86 bits per heavy atom. The van der Waals surface area contributed by atoms with E-state index in [1.807, 2.05) is 72.8 Å². The van der Waals surface area contributed by atoms with Crippen molar-refractivity contribution in [3.63, 3.8) is 0 Å². The first-order chi connectivity index (χ1) is 21.4. The van der Waals surface area contributed by atoms with Gasteiger partial charge in [-0.2, -0.15) is 0 Å². The lowest BCUT2D eigenvalue weighted by Crippen LogP contribution is -2.14. The molecule has 0 saturated heterocycles. The first kappa shape index (κ1) is 29.4. The molecule has 6 aromatic rings. The fraction of sp³-hybridized carbons (Fsp3) is 0.0714. The fourth-order valence-electron chi connectivity index (χ4n) is 4.06. The van der Waals surface area contributed by atoms with Gasteiger partial charge in [0.25, 0.3) is 0 Å². The van der Waals surface area contributed by atoms with Crippen LogP contribution >= 0.6 is 46.2 Å². The molecular weight excluding hydrogens is 637 g/mol. The summed E-state index contributed by atoms with van der Waals surface area (Å²) >= 11 is 5.03. The van der Waals surface area contributed by atoms with Crippen LogP contribution < -0.4 is 22.1 Å². The van der Waals surface area contributed by atoms with Gasteiger partial charge in [0, 0.05) is 27.9 Å². The number of thioether (sulfide) groups is 2. The third-order valence-electron chi connectivity index (χ3n) is 5.95. The Morgan fingerprint density at radius 1 is 0.682 bits per heavy atom. The Hall–Kier alpha value is -4.64. The number of amides is 2. The Balaban J connectivity index is 1.20. The van der Waals surface area contributed by atoms with Gasteiger partial charge >= 0.3 is 0 Å². The summed E-state index contributed by atoms with van der Waals surface area (Å²) in [6, 6.07) is 22.7. The second-order valence-electron chi connectivity index (χ2n) is 9.06. The zero-order chi connectivity index (χ0) is 30.5. The zero-order valence-electron chi connectivity index (χ0n) is 22.6. The summed E-state index contributed by atoms with van der Waals surface area (Å²) in [5.74, 6) is 0.531. The monoisotopic (exact) mass is 658 g/mol. The Kier molecular flexibility index (Phi) is 8.92. The number of carbonyl (C=O) groups is 2. The molecule has 0 radical (unpaired) electrons. The molecule has 0 spiro atoms. The SMILES string of the molecule is Nc1nnc(SCC(=O)Nc2ccc(-c3nc(-c4ccccc4)c4cc(NC(=O)CSc5nnc(N)s5)ccc4n3)cc2)s1. The lowest BCUT2D eigenvalue weighted by atomic mass is 10.0. The first-order valence-corrected chi connectivity index (χ1v) is 16.5. The highest BCUT2D eigenvalue weighted by molar-refractivity contribution is 8.02. The molecule has 6 N–H and O–H groups in total. The number of carbonyl (C=O) groups excluding carboxylic acids is 2. The van der Waals surface area contributed by atoms with E-state index in [1.165, 1.54) is 46.2 Å². The molecule has 0 bridgehead atoms. The van der Waals surface area contributed by atoms with Crippen LogP contribution in [0.2, 0.25) is 0 Å². The summed E-state index contributed by atoms with van der Waals surface area (Å²) in [4.78, 5) is 34.8. The second-order valence-corrected chi connectivity index (χ2v) is 13.5. The van der Waals surface area contributed by atoms with Gasteiger partial charge in [-0.1, -0.05) is 76.5 Å². The van der Waals surface area contributed by atoms with Crippen LogP contribution in [0.4, 0.5) is 21.6 Å². The van der Waals surface area contributed by atoms with Crippen molar-refractivity contribution in [2.75, 3.05) is 33.6 Å². The molecule has 6 rings (SSSR count). The minimum absolute atomic E-state index is 0.168. The molecule has 0 unspecified atom stereocenters. The summed E-state index contributed by atoms with van der Waals surface area (Å²) in [7, 11) is 0. The third kappa shape index (κ3) is 7.28. The van der Waals surface area contributed by atoms with Crippen molar-refractivity contribution in [2.45, 2.75) is 8.68 Å². The van der Waals surface area contributed by atoms with E-state index in [1.54, 1.807) is 0 Å². The van der Waals surface area contributed by atoms with Gasteiger partial charge in [-0.15, -0.1) is 20.4 Å². The predicted octanol–water partition coefficient (Wildman–Crippen LogP) is 5.29. The smallest absolute Gasteiger partial charge is 0.234 e. The highest BCUT2D eigenvalue weighted by atomic mass is 32.2. The second kappa shape index (κ2) is 13.3. The summed E-state index contributed by atoms with van der Waals surface area (Å²) < 4.78 is 1.27. The molecule has 0 aliphatic rings. The Bertz CT molecular complexity index is 1950. The maximum Gasteiger partial charge on any atom is 0.234 e. The predicted molar refractivity (Wildman–Crippen MR) is 178 cm³/mol. The summed E-state index contributed by atoms with van der Waals surface area (Å²) in [6.07, 6.45) is 0. The number of anilines is 4. The number of hydrogen-bond donors (Lipinski definition) is 4. The quantitative estimate of drug-likeness (QED) is 0.139. The van der Waals surface area contributed by atoms with Gasteiger partial charge in [0.2, 0.25) is 22.1 Å². The lowest BCUT2D eigenvalue weighted by molar-refractivity contribution is -0.114.